The van der Waals surface area contributed by atoms with E-state index in [2.05, 4.69) is 9.69 Å². The van der Waals surface area contributed by atoms with E-state index >= 15 is 0 Å². The van der Waals surface area contributed by atoms with Crippen LogP contribution >= 0.6 is 94.4 Å². The first-order valence-electron chi connectivity index (χ1n) is 2.03. The van der Waals surface area contributed by atoms with Gasteiger partial charge in [0.2, 0.25) is 0 Å². The van der Waals surface area contributed by atoms with Gasteiger partial charge in [0, 0.05) is 69.6 Å². The van der Waals surface area contributed by atoms with E-state index < -0.39 is 7.83 Å². The van der Waals surface area contributed by atoms with E-state index in [1.165, 1.54) is 0 Å². The summed E-state index contributed by atoms with van der Waals surface area (Å²) in [4.78, 5) is 5.13. The van der Waals surface area contributed by atoms with Crippen LogP contribution in [-0.2, 0) is 0 Å². The van der Waals surface area contributed by atoms with Gasteiger partial charge in [-0.1, -0.05) is 0 Å². The predicted octanol–water partition coefficient (Wildman–Crippen LogP) is 5.31. The lowest BCUT2D eigenvalue weighted by molar-refractivity contribution is 1.46. The zero-order valence-electron chi connectivity index (χ0n) is 5.98. The van der Waals surface area contributed by atoms with Gasteiger partial charge in [-0.2, -0.15) is 0 Å². The third-order valence-corrected chi connectivity index (χ3v) is 0.761. The highest BCUT2D eigenvalue weighted by Crippen LogP contribution is 2.27. The first kappa shape index (κ1) is 24.5. The Balaban J connectivity index is -0.0000000625. The number of halogens is 8. The van der Waals surface area contributed by atoms with Gasteiger partial charge in [-0.15, -0.1) is 24.8 Å². The summed E-state index contributed by atoms with van der Waals surface area (Å²) in [7, 11) is 0. The first-order valence-corrected chi connectivity index (χ1v) is 4.30. The van der Waals surface area contributed by atoms with Gasteiger partial charge in [-0.3, -0.25) is 9.69 Å². The Bertz CT molecular complexity index is 177. The van der Waals surface area contributed by atoms with Crippen molar-refractivity contribution in [3.8, 4) is 0 Å². The maximum absolute atomic E-state index is 6.08. The molecular weight excluding hydrogens is 360 g/mol. The minimum Gasteiger partial charge on any atom is -0.259 e. The molecule has 0 saturated carbocycles. The number of hydrogen-bond donors (Lipinski definition) is 0. The summed E-state index contributed by atoms with van der Waals surface area (Å²) in [5, 5.41) is 0. The zero-order chi connectivity index (χ0) is 10.4. The van der Waals surface area contributed by atoms with Crippen LogP contribution in [0.2, 0.25) is 0 Å². The van der Waals surface area contributed by atoms with Crippen LogP contribution in [0.25, 0.3) is 9.69 Å². The number of alkyl halides is 6. The van der Waals surface area contributed by atoms with Crippen LogP contribution in [0.15, 0.2) is 0 Å². The smallest absolute Gasteiger partial charge is 0.259 e. The molecule has 0 N–H and O–H groups in total. The molecule has 0 heterocycles. The molecule has 0 bridgehead atoms. The fourth-order valence-corrected chi connectivity index (χ4v) is 0. The molecule has 0 aromatic rings. The average molecular weight is 362 g/mol. The SMILES string of the molecule is Cl.Cl.[C-]#[N+]C(Cl)(Cl)Cl.[C-]#[N+]C(Cl)(Cl)Cl. The van der Waals surface area contributed by atoms with Gasteiger partial charge in [0.05, 0.1) is 0 Å². The molecule has 0 rings (SSSR count). The molecule has 10 heteroatoms. The Morgan fingerprint density at radius 3 is 0.714 bits per heavy atom. The molecule has 2 nitrogen and oxygen atoms in total. The van der Waals surface area contributed by atoms with Crippen LogP contribution in [0, 0.1) is 13.1 Å². The molecule has 0 aliphatic heterocycles. The summed E-state index contributed by atoms with van der Waals surface area (Å²) in [6.45, 7) is 12.2. The largest absolute Gasteiger partial charge is 0.461 e. The van der Waals surface area contributed by atoms with Crippen molar-refractivity contribution < 1.29 is 0 Å². The van der Waals surface area contributed by atoms with E-state index in [9.17, 15) is 0 Å². The van der Waals surface area contributed by atoms with Gasteiger partial charge in [0.1, 0.15) is 0 Å². The monoisotopic (exact) mass is 358 g/mol. The van der Waals surface area contributed by atoms with Crippen molar-refractivity contribution in [2.45, 2.75) is 7.83 Å². The Kier molecular flexibility index (Phi) is 18.9. The lowest BCUT2D eigenvalue weighted by Crippen LogP contribution is -1.87. The van der Waals surface area contributed by atoms with Gasteiger partial charge in [-0.25, -0.2) is 13.1 Å². The van der Waals surface area contributed by atoms with Gasteiger partial charge in [0.15, 0.2) is 0 Å². The Hall–Kier alpha value is 1.30. The van der Waals surface area contributed by atoms with Crippen molar-refractivity contribution in [1.29, 1.82) is 0 Å². The van der Waals surface area contributed by atoms with Crippen LogP contribution < -0.4 is 0 Å². The van der Waals surface area contributed by atoms with Crippen molar-refractivity contribution in [3.05, 3.63) is 22.8 Å². The van der Waals surface area contributed by atoms with E-state index in [0.717, 1.165) is 0 Å². The van der Waals surface area contributed by atoms with Crippen LogP contribution in [-0.4, -0.2) is 7.83 Å². The second-order valence-electron chi connectivity index (χ2n) is 1.16. The first-order chi connectivity index (χ1) is 5.12. The Morgan fingerprint density at radius 1 is 0.643 bits per heavy atom. The minimum absolute atomic E-state index is 0. The average Bonchev–Trinajstić information content (AvgIpc) is 1.86. The van der Waals surface area contributed by atoms with Crippen molar-refractivity contribution in [2.75, 3.05) is 0 Å². The Labute approximate surface area is 124 Å². The van der Waals surface area contributed by atoms with E-state index in [4.69, 9.17) is 82.7 Å². The normalized spacial score (nSPS) is 8.86. The van der Waals surface area contributed by atoms with Crippen LogP contribution in [0.1, 0.15) is 0 Å². The second-order valence-corrected chi connectivity index (χ2v) is 5.60. The molecule has 0 amide bonds. The molecule has 84 valence electrons. The summed E-state index contributed by atoms with van der Waals surface area (Å²) in [6.07, 6.45) is 0. The van der Waals surface area contributed by atoms with Crippen molar-refractivity contribution in [2.24, 2.45) is 0 Å². The molecular formula is C4H2Cl8N2. The number of nitrogens with zero attached hydrogens (tertiary/aromatic N) is 2. The second kappa shape index (κ2) is 10.8. The maximum atomic E-state index is 6.08. The molecule has 0 radical (unpaired) electrons. The van der Waals surface area contributed by atoms with E-state index in [1.54, 1.807) is 0 Å². The third kappa shape index (κ3) is 37.8. The fraction of sp³-hybridized carbons (Fsp3) is 0.500. The summed E-state index contributed by atoms with van der Waals surface area (Å²) in [6, 6.07) is 0. The highest BCUT2D eigenvalue weighted by Gasteiger charge is 2.24. The van der Waals surface area contributed by atoms with E-state index in [-0.39, 0.29) is 24.8 Å². The summed E-state index contributed by atoms with van der Waals surface area (Å²) < 4.78 is -3.50. The van der Waals surface area contributed by atoms with Gasteiger partial charge in [0.25, 0.3) is 0 Å². The Morgan fingerprint density at radius 2 is 0.714 bits per heavy atom. The molecule has 0 atom stereocenters. The van der Waals surface area contributed by atoms with Crippen LogP contribution in [0.5, 0.6) is 0 Å². The molecule has 0 aromatic heterocycles. The van der Waals surface area contributed by atoms with E-state index in [0.29, 0.717) is 0 Å². The highest BCUT2D eigenvalue weighted by molar-refractivity contribution is 6.68. The zero-order valence-corrected chi connectivity index (χ0v) is 12.1. The van der Waals surface area contributed by atoms with Crippen LogP contribution in [0.3, 0.4) is 0 Å². The fourth-order valence-electron chi connectivity index (χ4n) is 0. The third-order valence-electron chi connectivity index (χ3n) is 0.254. The molecule has 0 aromatic carbocycles. The highest BCUT2D eigenvalue weighted by atomic mass is 35.6. The lowest BCUT2D eigenvalue weighted by atomic mass is 11.4. The molecule has 14 heavy (non-hydrogen) atoms. The molecule has 0 spiro atoms. The summed E-state index contributed by atoms with van der Waals surface area (Å²) in [5.41, 5.74) is 0. The quantitative estimate of drug-likeness (QED) is 0.314. The van der Waals surface area contributed by atoms with E-state index in [1.807, 2.05) is 0 Å². The van der Waals surface area contributed by atoms with Crippen molar-refractivity contribution in [1.82, 2.24) is 0 Å². The summed E-state index contributed by atoms with van der Waals surface area (Å²) >= 11 is 29.4. The van der Waals surface area contributed by atoms with Gasteiger partial charge >= 0.3 is 7.83 Å². The lowest BCUT2D eigenvalue weighted by Gasteiger charge is -1.86. The van der Waals surface area contributed by atoms with Crippen molar-refractivity contribution >= 4 is 94.4 Å². The molecule has 0 aliphatic carbocycles. The van der Waals surface area contributed by atoms with Gasteiger partial charge in [-0.05, 0) is 0 Å². The molecule has 0 unspecified atom stereocenters. The maximum Gasteiger partial charge on any atom is 0.461 e. The topological polar surface area (TPSA) is 8.72 Å². The van der Waals surface area contributed by atoms with Crippen LogP contribution in [0.4, 0.5) is 0 Å². The molecule has 0 fully saturated rings. The summed E-state index contributed by atoms with van der Waals surface area (Å²) in [5.74, 6) is 0. The van der Waals surface area contributed by atoms with Crippen molar-refractivity contribution in [3.63, 3.8) is 0 Å². The minimum atomic E-state index is -1.75. The number of rotatable bonds is 0. The predicted molar refractivity (Wildman–Crippen MR) is 68.3 cm³/mol. The molecule has 0 saturated heterocycles. The molecule has 0 aliphatic rings. The van der Waals surface area contributed by atoms with Gasteiger partial charge < -0.3 is 0 Å². The standard InChI is InChI=1S/2C2Cl3N.2ClH/c2*1-6-2(3,4)5;;/h;;2*1H. The number of hydrogen-bond acceptors (Lipinski definition) is 0.